The van der Waals surface area contributed by atoms with Crippen molar-refractivity contribution in [2.24, 2.45) is 0 Å². The van der Waals surface area contributed by atoms with Gasteiger partial charge in [-0.2, -0.15) is 0 Å². The minimum absolute atomic E-state index is 0.0146. The van der Waals surface area contributed by atoms with Gasteiger partial charge in [0.05, 0.1) is 18.1 Å². The summed E-state index contributed by atoms with van der Waals surface area (Å²) in [5.74, 6) is 1.49. The van der Waals surface area contributed by atoms with E-state index < -0.39 is 0 Å². The van der Waals surface area contributed by atoms with Crippen LogP contribution in [0.15, 0.2) is 66.7 Å². The lowest BCUT2D eigenvalue weighted by atomic mass is 10.0. The molecule has 4 nitrogen and oxygen atoms in total. The van der Waals surface area contributed by atoms with Crippen LogP contribution in [0.3, 0.4) is 0 Å². The van der Waals surface area contributed by atoms with Gasteiger partial charge in [0, 0.05) is 11.2 Å². The molecule has 0 bridgehead atoms. The van der Waals surface area contributed by atoms with Crippen molar-refractivity contribution in [2.45, 2.75) is 33.6 Å². The first-order chi connectivity index (χ1) is 16.6. The molecule has 0 aliphatic rings. The molecule has 4 aromatic rings. The van der Waals surface area contributed by atoms with E-state index in [1.165, 1.54) is 11.1 Å². The Morgan fingerprint density at radius 2 is 1.59 bits per heavy atom. The molecule has 3 aromatic carbocycles. The second kappa shape index (κ2) is 11.2. The Balaban J connectivity index is 1.49. The average molecular weight is 474 g/mol. The molecular weight excluding hydrogens is 442 g/mol. The highest BCUT2D eigenvalue weighted by Crippen LogP contribution is 2.33. The number of hydrogen-bond donors (Lipinski definition) is 1. The van der Waals surface area contributed by atoms with Crippen molar-refractivity contribution in [3.63, 3.8) is 0 Å². The Hall–Kier alpha value is -3.31. The number of hydrogen-bond acceptors (Lipinski definition) is 4. The molecule has 1 heterocycles. The van der Waals surface area contributed by atoms with Crippen molar-refractivity contribution in [1.29, 1.82) is 0 Å². The Labute approximate surface area is 205 Å². The summed E-state index contributed by atoms with van der Waals surface area (Å²) in [4.78, 5) is 14.0. The predicted octanol–water partition coefficient (Wildman–Crippen LogP) is 6.57. The zero-order valence-corrected chi connectivity index (χ0v) is 20.8. The van der Waals surface area contributed by atoms with Gasteiger partial charge < -0.3 is 14.8 Å². The predicted molar refractivity (Wildman–Crippen MR) is 141 cm³/mol. The fourth-order valence-electron chi connectivity index (χ4n) is 4.02. The number of amides is 1. The monoisotopic (exact) mass is 473 g/mol. The molecule has 0 radical (unpaired) electrons. The van der Waals surface area contributed by atoms with E-state index in [9.17, 15) is 4.79 Å². The smallest absolute Gasteiger partial charge is 0.261 e. The first-order valence-corrected chi connectivity index (χ1v) is 12.6. The van der Waals surface area contributed by atoms with E-state index in [0.717, 1.165) is 50.4 Å². The summed E-state index contributed by atoms with van der Waals surface area (Å²) in [5, 5.41) is 4.29. The summed E-state index contributed by atoms with van der Waals surface area (Å²) in [6.07, 6.45) is 1.46. The number of nitrogens with one attached hydrogen (secondary N) is 1. The molecule has 34 heavy (non-hydrogen) atoms. The summed E-state index contributed by atoms with van der Waals surface area (Å²) < 4.78 is 12.5. The van der Waals surface area contributed by atoms with Crippen molar-refractivity contribution in [2.75, 3.05) is 19.8 Å². The van der Waals surface area contributed by atoms with E-state index in [4.69, 9.17) is 9.47 Å². The van der Waals surface area contributed by atoms with Crippen LogP contribution in [0, 0.1) is 6.92 Å². The van der Waals surface area contributed by atoms with Crippen LogP contribution in [-0.2, 0) is 12.8 Å². The number of aryl methyl sites for hydroxylation is 1. The second-order valence-electron chi connectivity index (χ2n) is 8.22. The highest BCUT2D eigenvalue weighted by Gasteiger charge is 2.18. The van der Waals surface area contributed by atoms with E-state index in [-0.39, 0.29) is 5.91 Å². The van der Waals surface area contributed by atoms with Gasteiger partial charge in [0.1, 0.15) is 0 Å². The Bertz CT molecular complexity index is 1260. The van der Waals surface area contributed by atoms with Crippen LogP contribution in [-0.4, -0.2) is 25.7 Å². The van der Waals surface area contributed by atoms with Crippen LogP contribution < -0.4 is 14.8 Å². The van der Waals surface area contributed by atoms with Gasteiger partial charge >= 0.3 is 0 Å². The van der Waals surface area contributed by atoms with Crippen molar-refractivity contribution >= 4 is 27.3 Å². The highest BCUT2D eigenvalue weighted by molar-refractivity contribution is 7.21. The third-order valence-corrected chi connectivity index (χ3v) is 6.92. The second-order valence-corrected chi connectivity index (χ2v) is 9.27. The molecule has 1 amide bonds. The summed E-state index contributed by atoms with van der Waals surface area (Å²) in [6, 6.07) is 22.8. The lowest BCUT2D eigenvalue weighted by molar-refractivity contribution is 0.0957. The Morgan fingerprint density at radius 1 is 0.882 bits per heavy atom. The maximum absolute atomic E-state index is 13.2. The summed E-state index contributed by atoms with van der Waals surface area (Å²) in [6.45, 7) is 7.73. The molecular formula is C29H31NO3S. The highest BCUT2D eigenvalue weighted by atomic mass is 32.1. The fraction of sp³-hybridized carbons (Fsp3) is 0.276. The fourth-order valence-corrected chi connectivity index (χ4v) is 5.16. The largest absolute Gasteiger partial charge is 0.490 e. The Kier molecular flexibility index (Phi) is 7.86. The van der Waals surface area contributed by atoms with Crippen LogP contribution in [0.4, 0.5) is 0 Å². The topological polar surface area (TPSA) is 47.6 Å². The van der Waals surface area contributed by atoms with Crippen LogP contribution in [0.1, 0.15) is 45.8 Å². The van der Waals surface area contributed by atoms with Crippen LogP contribution in [0.2, 0.25) is 0 Å². The average Bonchev–Trinajstić information content (AvgIpc) is 3.21. The number of benzene rings is 3. The van der Waals surface area contributed by atoms with Gasteiger partial charge in [0.25, 0.3) is 5.91 Å². The van der Waals surface area contributed by atoms with Crippen molar-refractivity contribution in [3.05, 3.63) is 93.9 Å². The van der Waals surface area contributed by atoms with Gasteiger partial charge in [-0.05, 0) is 73.9 Å². The maximum Gasteiger partial charge on any atom is 0.261 e. The molecule has 0 unspecified atom stereocenters. The van der Waals surface area contributed by atoms with Crippen LogP contribution >= 0.6 is 11.3 Å². The van der Waals surface area contributed by atoms with Crippen molar-refractivity contribution < 1.29 is 14.3 Å². The Morgan fingerprint density at radius 3 is 2.35 bits per heavy atom. The number of carbonyl (C=O) groups is 1. The molecule has 0 atom stereocenters. The summed E-state index contributed by atoms with van der Waals surface area (Å²) in [5.41, 5.74) is 4.64. The quantitative estimate of drug-likeness (QED) is 0.283. The van der Waals surface area contributed by atoms with Crippen LogP contribution in [0.25, 0.3) is 10.1 Å². The molecule has 0 saturated carbocycles. The molecule has 1 aromatic heterocycles. The lowest BCUT2D eigenvalue weighted by Crippen LogP contribution is -2.25. The normalized spacial score (nSPS) is 10.9. The van der Waals surface area contributed by atoms with E-state index >= 15 is 0 Å². The molecule has 4 rings (SSSR count). The molecule has 0 fully saturated rings. The van der Waals surface area contributed by atoms with Gasteiger partial charge in [-0.15, -0.1) is 11.3 Å². The summed E-state index contributed by atoms with van der Waals surface area (Å²) >= 11 is 1.57. The van der Waals surface area contributed by atoms with Crippen molar-refractivity contribution in [3.8, 4) is 11.5 Å². The minimum Gasteiger partial charge on any atom is -0.490 e. The van der Waals surface area contributed by atoms with Gasteiger partial charge in [0.15, 0.2) is 11.5 Å². The zero-order chi connectivity index (χ0) is 23.9. The molecule has 0 saturated heterocycles. The molecule has 176 valence electrons. The number of ether oxygens (including phenoxy) is 2. The van der Waals surface area contributed by atoms with Gasteiger partial charge in [-0.25, -0.2) is 0 Å². The third-order valence-electron chi connectivity index (χ3n) is 5.71. The zero-order valence-electron chi connectivity index (χ0n) is 20.0. The molecule has 0 aliphatic carbocycles. The summed E-state index contributed by atoms with van der Waals surface area (Å²) in [7, 11) is 0. The van der Waals surface area contributed by atoms with Gasteiger partial charge in [-0.3, -0.25) is 4.79 Å². The standard InChI is InChI=1S/C29H31NO3S/c1-4-32-25-15-14-22(19-26(25)33-5-2)16-17-30-29(31)28-24(18-21-12-10-20(3)11-13-21)23-8-6-7-9-27(23)34-28/h6-15,19H,4-5,16-18H2,1-3H3,(H,30,31). The number of thiophene rings is 1. The van der Waals surface area contributed by atoms with E-state index in [2.05, 4.69) is 48.6 Å². The van der Waals surface area contributed by atoms with Gasteiger partial charge in [-0.1, -0.05) is 54.1 Å². The number of carbonyl (C=O) groups excluding carboxylic acids is 1. The van der Waals surface area contributed by atoms with Crippen LogP contribution in [0.5, 0.6) is 11.5 Å². The van der Waals surface area contributed by atoms with E-state index in [0.29, 0.717) is 19.8 Å². The number of fused-ring (bicyclic) bond motifs is 1. The van der Waals surface area contributed by atoms with Crippen molar-refractivity contribution in [1.82, 2.24) is 5.32 Å². The van der Waals surface area contributed by atoms with Gasteiger partial charge in [0.2, 0.25) is 0 Å². The molecule has 0 aliphatic heterocycles. The minimum atomic E-state index is -0.0146. The molecule has 0 spiro atoms. The molecule has 5 heteroatoms. The molecule has 1 N–H and O–H groups in total. The lowest BCUT2D eigenvalue weighted by Gasteiger charge is -2.13. The first-order valence-electron chi connectivity index (χ1n) is 11.8. The number of rotatable bonds is 10. The SMILES string of the molecule is CCOc1ccc(CCNC(=O)c2sc3ccccc3c2Cc2ccc(C)cc2)cc1OCC. The third kappa shape index (κ3) is 5.60. The maximum atomic E-state index is 13.2. The van der Waals surface area contributed by atoms with E-state index in [1.54, 1.807) is 11.3 Å². The van der Waals surface area contributed by atoms with E-state index in [1.807, 2.05) is 44.2 Å². The first kappa shape index (κ1) is 23.8.